The molecule has 0 amide bonds. The summed E-state index contributed by atoms with van der Waals surface area (Å²) in [5.41, 5.74) is 0.714. The first kappa shape index (κ1) is 11.9. The van der Waals surface area contributed by atoms with Crippen LogP contribution in [-0.2, 0) is 0 Å². The van der Waals surface area contributed by atoms with E-state index < -0.39 is 0 Å². The average molecular weight is 308 g/mol. The second-order valence-corrected chi connectivity index (χ2v) is 8.43. The van der Waals surface area contributed by atoms with E-state index in [0.29, 0.717) is 16.7 Å². The Labute approximate surface area is 109 Å². The van der Waals surface area contributed by atoms with Crippen molar-refractivity contribution in [2.75, 3.05) is 0 Å². The fourth-order valence-corrected chi connectivity index (χ4v) is 4.90. The van der Waals surface area contributed by atoms with E-state index in [1.165, 1.54) is 8.66 Å². The van der Waals surface area contributed by atoms with E-state index in [4.69, 9.17) is 11.6 Å². The van der Waals surface area contributed by atoms with E-state index in [-0.39, 0.29) is 5.38 Å². The Bertz CT molecular complexity index is 367. The van der Waals surface area contributed by atoms with Crippen LogP contribution in [0.4, 0.5) is 0 Å². The molecule has 2 rings (SSSR count). The maximum Gasteiger partial charge on any atom is 0.0717 e. The Morgan fingerprint density at radius 2 is 1.80 bits per heavy atom. The molecule has 1 aromatic heterocycles. The lowest BCUT2D eigenvalue weighted by Gasteiger charge is -2.08. The summed E-state index contributed by atoms with van der Waals surface area (Å²) >= 11 is 11.8. The number of thiophene rings is 1. The minimum absolute atomic E-state index is 0.159. The van der Waals surface area contributed by atoms with Gasteiger partial charge in [0.1, 0.15) is 0 Å². The molecule has 0 N–H and O–H groups in total. The van der Waals surface area contributed by atoms with Gasteiger partial charge in [0.15, 0.2) is 0 Å². The smallest absolute Gasteiger partial charge is 0.0717 e. The third-order valence-corrected chi connectivity index (χ3v) is 6.61. The SMILES string of the molecule is CC1(C)C(C(Cl)c2ccc(Br)s2)C1(C)C. The minimum Gasteiger partial charge on any atom is -0.132 e. The van der Waals surface area contributed by atoms with Crippen LogP contribution < -0.4 is 0 Å². The van der Waals surface area contributed by atoms with Gasteiger partial charge in [0.2, 0.25) is 0 Å². The summed E-state index contributed by atoms with van der Waals surface area (Å²) in [7, 11) is 0. The summed E-state index contributed by atoms with van der Waals surface area (Å²) in [6.45, 7) is 9.26. The molecule has 0 bridgehead atoms. The fourth-order valence-electron chi connectivity index (χ4n) is 2.62. The summed E-state index contributed by atoms with van der Waals surface area (Å²) in [6.07, 6.45) is 0. The highest BCUT2D eigenvalue weighted by Gasteiger charge is 2.67. The van der Waals surface area contributed by atoms with Gasteiger partial charge < -0.3 is 0 Å². The van der Waals surface area contributed by atoms with Crippen LogP contribution in [0.2, 0.25) is 0 Å². The maximum absolute atomic E-state index is 6.58. The van der Waals surface area contributed by atoms with Gasteiger partial charge in [-0.15, -0.1) is 22.9 Å². The molecule has 0 radical (unpaired) electrons. The molecule has 1 aliphatic carbocycles. The predicted molar refractivity (Wildman–Crippen MR) is 71.7 cm³/mol. The Morgan fingerprint density at radius 1 is 1.27 bits per heavy atom. The number of hydrogen-bond donors (Lipinski definition) is 0. The lowest BCUT2D eigenvalue weighted by atomic mass is 10.0. The molecular formula is C12H16BrClS. The molecule has 0 aliphatic heterocycles. The maximum atomic E-state index is 6.58. The van der Waals surface area contributed by atoms with Gasteiger partial charge in [0.25, 0.3) is 0 Å². The molecule has 3 heteroatoms. The first-order chi connectivity index (χ1) is 6.78. The summed E-state index contributed by atoms with van der Waals surface area (Å²) in [4.78, 5) is 1.28. The van der Waals surface area contributed by atoms with Crippen LogP contribution in [0.5, 0.6) is 0 Å². The molecule has 84 valence electrons. The Balaban J connectivity index is 2.21. The predicted octanol–water partition coefficient (Wildman–Crippen LogP) is 5.47. The van der Waals surface area contributed by atoms with Crippen LogP contribution in [0.3, 0.4) is 0 Å². The average Bonchev–Trinajstić information content (AvgIpc) is 2.49. The molecule has 1 heterocycles. The Hall–Kier alpha value is 0.470. The topological polar surface area (TPSA) is 0 Å². The molecule has 0 aromatic carbocycles. The van der Waals surface area contributed by atoms with Gasteiger partial charge in [-0.1, -0.05) is 27.7 Å². The van der Waals surface area contributed by atoms with E-state index in [2.05, 4.69) is 55.8 Å². The van der Waals surface area contributed by atoms with Gasteiger partial charge in [0, 0.05) is 4.88 Å². The molecule has 0 spiro atoms. The van der Waals surface area contributed by atoms with Crippen molar-refractivity contribution >= 4 is 38.9 Å². The highest BCUT2D eigenvalue weighted by molar-refractivity contribution is 9.11. The molecule has 1 atom stereocenters. The van der Waals surface area contributed by atoms with Crippen LogP contribution in [0.25, 0.3) is 0 Å². The van der Waals surface area contributed by atoms with Crippen LogP contribution in [0.15, 0.2) is 15.9 Å². The summed E-state index contributed by atoms with van der Waals surface area (Å²) in [5.74, 6) is 0.581. The Kier molecular flexibility index (Phi) is 2.77. The van der Waals surface area contributed by atoms with Crippen molar-refractivity contribution in [2.45, 2.75) is 33.1 Å². The van der Waals surface area contributed by atoms with E-state index in [1.807, 2.05) is 0 Å². The van der Waals surface area contributed by atoms with Gasteiger partial charge >= 0.3 is 0 Å². The van der Waals surface area contributed by atoms with Crippen LogP contribution >= 0.6 is 38.9 Å². The van der Waals surface area contributed by atoms with E-state index >= 15 is 0 Å². The quantitative estimate of drug-likeness (QED) is 0.635. The molecule has 0 saturated heterocycles. The number of rotatable bonds is 2. The first-order valence-electron chi connectivity index (χ1n) is 5.18. The molecule has 1 saturated carbocycles. The second kappa shape index (κ2) is 3.48. The van der Waals surface area contributed by atoms with E-state index in [1.54, 1.807) is 11.3 Å². The fraction of sp³-hybridized carbons (Fsp3) is 0.667. The van der Waals surface area contributed by atoms with Crippen molar-refractivity contribution in [1.29, 1.82) is 0 Å². The van der Waals surface area contributed by atoms with Gasteiger partial charge in [0.05, 0.1) is 9.16 Å². The van der Waals surface area contributed by atoms with E-state index in [0.717, 1.165) is 0 Å². The monoisotopic (exact) mass is 306 g/mol. The van der Waals surface area contributed by atoms with Crippen molar-refractivity contribution in [3.8, 4) is 0 Å². The number of halogens is 2. The Morgan fingerprint density at radius 3 is 2.13 bits per heavy atom. The van der Waals surface area contributed by atoms with Gasteiger partial charge in [-0.2, -0.15) is 0 Å². The number of alkyl halides is 1. The lowest BCUT2D eigenvalue weighted by Crippen LogP contribution is -1.96. The van der Waals surface area contributed by atoms with Gasteiger partial charge in [-0.3, -0.25) is 0 Å². The standard InChI is InChI=1S/C12H16BrClS/c1-11(2)10(12(11,3)4)9(14)7-5-6-8(13)15-7/h5-6,9-10H,1-4H3. The first-order valence-corrected chi connectivity index (χ1v) is 7.22. The highest BCUT2D eigenvalue weighted by atomic mass is 79.9. The summed E-state index contributed by atoms with van der Waals surface area (Å²) in [6, 6.07) is 4.22. The zero-order valence-electron chi connectivity index (χ0n) is 9.47. The second-order valence-electron chi connectivity index (χ2n) is 5.46. The largest absolute Gasteiger partial charge is 0.132 e. The van der Waals surface area contributed by atoms with Crippen molar-refractivity contribution in [3.05, 3.63) is 20.8 Å². The van der Waals surface area contributed by atoms with Crippen molar-refractivity contribution in [3.63, 3.8) is 0 Å². The zero-order chi connectivity index (χ0) is 11.4. The highest BCUT2D eigenvalue weighted by Crippen LogP contribution is 2.73. The van der Waals surface area contributed by atoms with Crippen molar-refractivity contribution < 1.29 is 0 Å². The molecule has 1 unspecified atom stereocenters. The summed E-state index contributed by atoms with van der Waals surface area (Å²) < 4.78 is 1.17. The van der Waals surface area contributed by atoms with Crippen LogP contribution in [0, 0.1) is 16.7 Å². The lowest BCUT2D eigenvalue weighted by molar-refractivity contribution is 0.457. The van der Waals surface area contributed by atoms with Crippen LogP contribution in [-0.4, -0.2) is 0 Å². The minimum atomic E-state index is 0.159. The summed E-state index contributed by atoms with van der Waals surface area (Å²) in [5, 5.41) is 0.159. The van der Waals surface area contributed by atoms with Crippen molar-refractivity contribution in [1.82, 2.24) is 0 Å². The third kappa shape index (κ3) is 1.69. The van der Waals surface area contributed by atoms with E-state index in [9.17, 15) is 0 Å². The third-order valence-electron chi connectivity index (χ3n) is 4.29. The van der Waals surface area contributed by atoms with Crippen LogP contribution in [0.1, 0.15) is 37.9 Å². The molecule has 1 aliphatic rings. The van der Waals surface area contributed by atoms with Gasteiger partial charge in [-0.25, -0.2) is 0 Å². The molecular weight excluding hydrogens is 292 g/mol. The van der Waals surface area contributed by atoms with Gasteiger partial charge in [-0.05, 0) is 44.8 Å². The number of hydrogen-bond acceptors (Lipinski definition) is 1. The zero-order valence-corrected chi connectivity index (χ0v) is 12.6. The molecule has 15 heavy (non-hydrogen) atoms. The molecule has 1 fully saturated rings. The van der Waals surface area contributed by atoms with Crippen molar-refractivity contribution in [2.24, 2.45) is 16.7 Å². The molecule has 0 nitrogen and oxygen atoms in total. The normalized spacial score (nSPS) is 25.2. The molecule has 1 aromatic rings.